The van der Waals surface area contributed by atoms with Gasteiger partial charge in [-0.05, 0) is 49.2 Å². The lowest BCUT2D eigenvalue weighted by Crippen LogP contribution is -2.14. The first-order chi connectivity index (χ1) is 9.70. The van der Waals surface area contributed by atoms with Crippen molar-refractivity contribution in [2.75, 3.05) is 4.72 Å². The second-order valence-corrected chi connectivity index (χ2v) is 6.66. The lowest BCUT2D eigenvalue weighted by atomic mass is 10.2. The molecule has 0 aliphatic carbocycles. The first-order valence-corrected chi connectivity index (χ1v) is 7.81. The molecule has 2 rings (SSSR count). The number of hydrogen-bond donors (Lipinski definition) is 1. The van der Waals surface area contributed by atoms with Crippen LogP contribution in [0.15, 0.2) is 35.2 Å². The van der Waals surface area contributed by atoms with Gasteiger partial charge in [-0.1, -0.05) is 11.6 Å². The molecule has 0 fully saturated rings. The second-order valence-electron chi connectivity index (χ2n) is 4.60. The average molecular weight is 332 g/mol. The molecule has 2 aromatic carbocycles. The fraction of sp³-hybridized carbons (Fsp3) is 0.143. The van der Waals surface area contributed by atoms with Gasteiger partial charge in [0.25, 0.3) is 10.0 Å². The van der Waals surface area contributed by atoms with Gasteiger partial charge >= 0.3 is 0 Å². The Bertz CT molecular complexity index is 807. The number of hydrogen-bond acceptors (Lipinski definition) is 2. The summed E-state index contributed by atoms with van der Waals surface area (Å²) in [6, 6.07) is 5.75. The molecule has 0 aromatic heterocycles. The van der Waals surface area contributed by atoms with Gasteiger partial charge in [0.15, 0.2) is 11.6 Å². The van der Waals surface area contributed by atoms with Gasteiger partial charge in [-0.25, -0.2) is 17.2 Å². The Morgan fingerprint density at radius 2 is 1.67 bits per heavy atom. The highest BCUT2D eigenvalue weighted by Crippen LogP contribution is 2.26. The molecule has 2 aromatic rings. The van der Waals surface area contributed by atoms with Crippen molar-refractivity contribution < 1.29 is 17.2 Å². The molecule has 0 bridgehead atoms. The smallest absolute Gasteiger partial charge is 0.262 e. The van der Waals surface area contributed by atoms with Crippen LogP contribution in [0.1, 0.15) is 11.1 Å². The molecule has 0 saturated heterocycles. The van der Waals surface area contributed by atoms with E-state index >= 15 is 0 Å². The van der Waals surface area contributed by atoms with E-state index in [1.165, 1.54) is 12.1 Å². The summed E-state index contributed by atoms with van der Waals surface area (Å²) < 4.78 is 52.8. The van der Waals surface area contributed by atoms with E-state index in [-0.39, 0.29) is 10.6 Å². The molecule has 0 aliphatic rings. The molecule has 0 radical (unpaired) electrons. The molecule has 21 heavy (non-hydrogen) atoms. The molecule has 3 nitrogen and oxygen atoms in total. The number of rotatable bonds is 3. The van der Waals surface area contributed by atoms with Crippen molar-refractivity contribution in [2.45, 2.75) is 18.7 Å². The maximum Gasteiger partial charge on any atom is 0.262 e. The lowest BCUT2D eigenvalue weighted by molar-refractivity contribution is 0.509. The SMILES string of the molecule is Cc1cc(S(=O)(=O)Nc2ccc(F)c(F)c2)c(C)cc1Cl. The molecule has 112 valence electrons. The van der Waals surface area contributed by atoms with E-state index in [1.54, 1.807) is 13.8 Å². The minimum atomic E-state index is -3.91. The molecule has 0 unspecified atom stereocenters. The molecule has 0 amide bonds. The average Bonchev–Trinajstić information content (AvgIpc) is 2.37. The van der Waals surface area contributed by atoms with Gasteiger partial charge in [0.05, 0.1) is 10.6 Å². The van der Waals surface area contributed by atoms with Crippen molar-refractivity contribution in [1.29, 1.82) is 0 Å². The fourth-order valence-electron chi connectivity index (χ4n) is 1.81. The van der Waals surface area contributed by atoms with Crippen LogP contribution in [0.25, 0.3) is 0 Å². The molecule has 0 spiro atoms. The van der Waals surface area contributed by atoms with Crippen molar-refractivity contribution in [1.82, 2.24) is 0 Å². The quantitative estimate of drug-likeness (QED) is 0.922. The molecule has 0 saturated carbocycles. The van der Waals surface area contributed by atoms with Crippen LogP contribution in [-0.4, -0.2) is 8.42 Å². The second kappa shape index (κ2) is 5.61. The largest absolute Gasteiger partial charge is 0.280 e. The molecule has 0 atom stereocenters. The monoisotopic (exact) mass is 331 g/mol. The van der Waals surface area contributed by atoms with Crippen molar-refractivity contribution in [2.24, 2.45) is 0 Å². The predicted octanol–water partition coefficient (Wildman–Crippen LogP) is 4.04. The molecule has 0 heterocycles. The summed E-state index contributed by atoms with van der Waals surface area (Å²) in [6.07, 6.45) is 0. The Morgan fingerprint density at radius 1 is 1.00 bits per heavy atom. The summed E-state index contributed by atoms with van der Waals surface area (Å²) in [7, 11) is -3.91. The van der Waals surface area contributed by atoms with E-state index in [0.29, 0.717) is 16.1 Å². The summed E-state index contributed by atoms with van der Waals surface area (Å²) >= 11 is 5.93. The molecule has 7 heteroatoms. The molecule has 1 N–H and O–H groups in total. The summed E-state index contributed by atoms with van der Waals surface area (Å²) in [5.41, 5.74) is 1.01. The van der Waals surface area contributed by atoms with Gasteiger partial charge < -0.3 is 0 Å². The molecular weight excluding hydrogens is 320 g/mol. The van der Waals surface area contributed by atoms with Gasteiger partial charge in [-0.15, -0.1) is 0 Å². The Hall–Kier alpha value is -1.66. The summed E-state index contributed by atoms with van der Waals surface area (Å²) in [4.78, 5) is 0.0362. The minimum Gasteiger partial charge on any atom is -0.280 e. The Labute approximate surface area is 126 Å². The summed E-state index contributed by atoms with van der Waals surface area (Å²) in [5, 5.41) is 0.458. The summed E-state index contributed by atoms with van der Waals surface area (Å²) in [6.45, 7) is 3.28. The van der Waals surface area contributed by atoms with Crippen LogP contribution in [0.4, 0.5) is 14.5 Å². The number of anilines is 1. The van der Waals surface area contributed by atoms with Gasteiger partial charge in [0.1, 0.15) is 0 Å². The van der Waals surface area contributed by atoms with E-state index in [0.717, 1.165) is 18.2 Å². The zero-order valence-corrected chi connectivity index (χ0v) is 12.8. The first-order valence-electron chi connectivity index (χ1n) is 5.95. The zero-order valence-electron chi connectivity index (χ0n) is 11.2. The zero-order chi connectivity index (χ0) is 15.8. The topological polar surface area (TPSA) is 46.2 Å². The van der Waals surface area contributed by atoms with E-state index in [9.17, 15) is 17.2 Å². The van der Waals surface area contributed by atoms with Crippen molar-refractivity contribution in [3.63, 3.8) is 0 Å². The standard InChI is InChI=1S/C14H12ClF2NO2S/c1-8-6-14(9(2)5-11(8)15)21(19,20)18-10-3-4-12(16)13(17)7-10/h3-7,18H,1-2H3. The van der Waals surface area contributed by atoms with Gasteiger partial charge in [0.2, 0.25) is 0 Å². The summed E-state index contributed by atoms with van der Waals surface area (Å²) in [5.74, 6) is -2.17. The highest BCUT2D eigenvalue weighted by Gasteiger charge is 2.19. The first kappa shape index (κ1) is 15.7. The van der Waals surface area contributed by atoms with Gasteiger partial charge in [-0.3, -0.25) is 4.72 Å². The molecule has 0 aliphatic heterocycles. The van der Waals surface area contributed by atoms with E-state index in [4.69, 9.17) is 11.6 Å². The Balaban J connectivity index is 2.43. The number of benzene rings is 2. The third kappa shape index (κ3) is 3.33. The normalized spacial score (nSPS) is 11.5. The van der Waals surface area contributed by atoms with E-state index in [1.807, 2.05) is 0 Å². The third-order valence-electron chi connectivity index (χ3n) is 2.92. The van der Waals surface area contributed by atoms with Gasteiger partial charge in [-0.2, -0.15) is 0 Å². The van der Waals surface area contributed by atoms with Crippen LogP contribution in [0, 0.1) is 25.5 Å². The third-order valence-corrected chi connectivity index (χ3v) is 4.85. The van der Waals surface area contributed by atoms with E-state index in [2.05, 4.69) is 4.72 Å². The number of halogens is 3. The van der Waals surface area contributed by atoms with Crippen LogP contribution < -0.4 is 4.72 Å². The van der Waals surface area contributed by atoms with Crippen LogP contribution in [0.2, 0.25) is 5.02 Å². The highest BCUT2D eigenvalue weighted by molar-refractivity contribution is 7.92. The minimum absolute atomic E-state index is 0.0362. The van der Waals surface area contributed by atoms with E-state index < -0.39 is 21.7 Å². The number of nitrogens with one attached hydrogen (secondary N) is 1. The van der Waals surface area contributed by atoms with Crippen molar-refractivity contribution in [3.05, 3.63) is 58.1 Å². The maximum absolute atomic E-state index is 13.1. The van der Waals surface area contributed by atoms with Crippen molar-refractivity contribution >= 4 is 27.3 Å². The number of aryl methyl sites for hydroxylation is 2. The van der Waals surface area contributed by atoms with Crippen LogP contribution in [0.5, 0.6) is 0 Å². The van der Waals surface area contributed by atoms with Gasteiger partial charge in [0, 0.05) is 11.1 Å². The van der Waals surface area contributed by atoms with Crippen molar-refractivity contribution in [3.8, 4) is 0 Å². The fourth-order valence-corrected chi connectivity index (χ4v) is 3.39. The Kier molecular flexibility index (Phi) is 4.20. The molecular formula is C14H12ClF2NO2S. The lowest BCUT2D eigenvalue weighted by Gasteiger charge is -2.12. The predicted molar refractivity (Wildman–Crippen MR) is 78.1 cm³/mol. The van der Waals surface area contributed by atoms with Crippen LogP contribution in [-0.2, 0) is 10.0 Å². The van der Waals surface area contributed by atoms with Crippen LogP contribution in [0.3, 0.4) is 0 Å². The number of sulfonamides is 1. The maximum atomic E-state index is 13.1. The van der Waals surface area contributed by atoms with Crippen LogP contribution >= 0.6 is 11.6 Å². The Morgan fingerprint density at radius 3 is 2.29 bits per heavy atom. The highest BCUT2D eigenvalue weighted by atomic mass is 35.5.